The maximum absolute atomic E-state index is 13.3. The number of hydrogen-bond donors (Lipinski definition) is 2. The van der Waals surface area contributed by atoms with E-state index in [0.717, 1.165) is 6.07 Å². The van der Waals surface area contributed by atoms with E-state index in [9.17, 15) is 19.1 Å². The van der Waals surface area contributed by atoms with Gasteiger partial charge in [0.15, 0.2) is 0 Å². The highest BCUT2D eigenvalue weighted by Gasteiger charge is 2.19. The summed E-state index contributed by atoms with van der Waals surface area (Å²) < 4.78 is 13.3. The van der Waals surface area contributed by atoms with Crippen molar-refractivity contribution >= 4 is 16.9 Å². The smallest absolute Gasteiger partial charge is 0.341 e. The maximum atomic E-state index is 13.3. The highest BCUT2D eigenvalue weighted by Crippen LogP contribution is 2.22. The Bertz CT molecular complexity index is 901. The predicted molar refractivity (Wildman–Crippen MR) is 76.9 cm³/mol. The van der Waals surface area contributed by atoms with Gasteiger partial charge in [-0.25, -0.2) is 9.18 Å². The minimum Gasteiger partial charge on any atom is -0.477 e. The van der Waals surface area contributed by atoms with Crippen molar-refractivity contribution in [2.45, 2.75) is 0 Å². The molecule has 21 heavy (non-hydrogen) atoms. The minimum atomic E-state index is -1.35. The van der Waals surface area contributed by atoms with Crippen LogP contribution in [0.15, 0.2) is 53.3 Å². The van der Waals surface area contributed by atoms with Crippen LogP contribution in [0.5, 0.6) is 0 Å². The maximum Gasteiger partial charge on any atom is 0.341 e. The summed E-state index contributed by atoms with van der Waals surface area (Å²) in [4.78, 5) is 26.7. The number of carbonyl (C=O) groups is 1. The van der Waals surface area contributed by atoms with E-state index in [1.165, 1.54) is 12.1 Å². The molecule has 1 heterocycles. The van der Waals surface area contributed by atoms with E-state index in [2.05, 4.69) is 4.98 Å². The molecule has 2 aromatic carbocycles. The van der Waals surface area contributed by atoms with Gasteiger partial charge < -0.3 is 10.1 Å². The Morgan fingerprint density at radius 2 is 1.81 bits per heavy atom. The van der Waals surface area contributed by atoms with Crippen molar-refractivity contribution in [3.05, 3.63) is 70.1 Å². The van der Waals surface area contributed by atoms with Gasteiger partial charge in [0.1, 0.15) is 11.4 Å². The number of hydrogen-bond acceptors (Lipinski definition) is 2. The Labute approximate surface area is 118 Å². The number of nitrogens with one attached hydrogen (secondary N) is 1. The Kier molecular flexibility index (Phi) is 3.02. The van der Waals surface area contributed by atoms with Crippen LogP contribution in [0.3, 0.4) is 0 Å². The quantitative estimate of drug-likeness (QED) is 0.759. The van der Waals surface area contributed by atoms with Gasteiger partial charge in [0.05, 0.1) is 5.69 Å². The summed E-state index contributed by atoms with van der Waals surface area (Å²) in [5, 5.41) is 9.34. The molecule has 3 rings (SSSR count). The third-order valence-electron chi connectivity index (χ3n) is 3.24. The number of carboxylic acid groups (broad SMARTS) is 1. The standard InChI is InChI=1S/C16H10FNO3/c17-10-6-7-12-11(8-10)15(19)13(16(20)21)14(18-12)9-4-2-1-3-5-9/h1-8H,(H,18,19)(H,20,21). The van der Waals surface area contributed by atoms with Crippen LogP contribution in [0.4, 0.5) is 4.39 Å². The monoisotopic (exact) mass is 283 g/mol. The lowest BCUT2D eigenvalue weighted by molar-refractivity contribution is 0.0696. The number of aromatic amines is 1. The normalized spacial score (nSPS) is 10.7. The SMILES string of the molecule is O=C(O)c1c(-c2ccccc2)[nH]c2ccc(F)cc2c1=O. The van der Waals surface area contributed by atoms with Crippen molar-refractivity contribution in [2.24, 2.45) is 0 Å². The van der Waals surface area contributed by atoms with Crippen molar-refractivity contribution in [3.8, 4) is 11.3 Å². The summed E-state index contributed by atoms with van der Waals surface area (Å²) in [5.41, 5.74) is 0.101. The minimum absolute atomic E-state index is 0.0204. The highest BCUT2D eigenvalue weighted by molar-refractivity contribution is 5.99. The molecule has 2 N–H and O–H groups in total. The molecule has 0 spiro atoms. The van der Waals surface area contributed by atoms with Gasteiger partial charge in [0.25, 0.3) is 0 Å². The number of carboxylic acids is 1. The molecular formula is C16H10FNO3. The highest BCUT2D eigenvalue weighted by atomic mass is 19.1. The molecule has 0 atom stereocenters. The van der Waals surface area contributed by atoms with Crippen LogP contribution in [0.1, 0.15) is 10.4 Å². The first-order valence-electron chi connectivity index (χ1n) is 6.22. The molecular weight excluding hydrogens is 273 g/mol. The largest absolute Gasteiger partial charge is 0.477 e. The van der Waals surface area contributed by atoms with Crippen molar-refractivity contribution in [3.63, 3.8) is 0 Å². The number of H-pyrrole nitrogens is 1. The fourth-order valence-corrected chi connectivity index (χ4v) is 2.28. The third-order valence-corrected chi connectivity index (χ3v) is 3.24. The fourth-order valence-electron chi connectivity index (χ4n) is 2.28. The zero-order valence-electron chi connectivity index (χ0n) is 10.8. The van der Waals surface area contributed by atoms with Crippen LogP contribution >= 0.6 is 0 Å². The van der Waals surface area contributed by atoms with Gasteiger partial charge in [-0.05, 0) is 23.8 Å². The summed E-state index contributed by atoms with van der Waals surface area (Å²) in [5.74, 6) is -1.93. The van der Waals surface area contributed by atoms with Gasteiger partial charge in [0, 0.05) is 10.9 Å². The van der Waals surface area contributed by atoms with Crippen molar-refractivity contribution in [1.29, 1.82) is 0 Å². The van der Waals surface area contributed by atoms with Gasteiger partial charge in [-0.15, -0.1) is 0 Å². The van der Waals surface area contributed by atoms with Gasteiger partial charge >= 0.3 is 5.97 Å². The molecule has 0 aliphatic rings. The van der Waals surface area contributed by atoms with Crippen LogP contribution in [0.2, 0.25) is 0 Å². The molecule has 0 aliphatic heterocycles. The molecule has 0 saturated heterocycles. The molecule has 1 aromatic heterocycles. The first kappa shape index (κ1) is 13.1. The van der Waals surface area contributed by atoms with Crippen LogP contribution in [0, 0.1) is 5.82 Å². The van der Waals surface area contributed by atoms with E-state index in [-0.39, 0.29) is 16.6 Å². The molecule has 4 nitrogen and oxygen atoms in total. The molecule has 0 saturated carbocycles. The molecule has 0 unspecified atom stereocenters. The van der Waals surface area contributed by atoms with Crippen LogP contribution in [-0.4, -0.2) is 16.1 Å². The molecule has 5 heteroatoms. The molecule has 0 radical (unpaired) electrons. The van der Waals surface area contributed by atoms with Gasteiger partial charge in [-0.1, -0.05) is 30.3 Å². The number of pyridine rings is 1. The predicted octanol–water partition coefficient (Wildman–Crippen LogP) is 3.03. The number of benzene rings is 2. The zero-order chi connectivity index (χ0) is 15.0. The molecule has 0 fully saturated rings. The lowest BCUT2D eigenvalue weighted by atomic mass is 10.0. The van der Waals surface area contributed by atoms with Gasteiger partial charge in [-0.3, -0.25) is 4.79 Å². The summed E-state index contributed by atoms with van der Waals surface area (Å²) in [6.07, 6.45) is 0. The first-order chi connectivity index (χ1) is 10.1. The third kappa shape index (κ3) is 2.18. The molecule has 3 aromatic rings. The Morgan fingerprint density at radius 3 is 2.48 bits per heavy atom. The van der Waals surface area contributed by atoms with E-state index in [1.54, 1.807) is 30.3 Å². The second-order valence-corrected chi connectivity index (χ2v) is 4.57. The van der Waals surface area contributed by atoms with E-state index in [4.69, 9.17) is 0 Å². The molecule has 0 aliphatic carbocycles. The van der Waals surface area contributed by atoms with Crippen LogP contribution in [-0.2, 0) is 0 Å². The Morgan fingerprint density at radius 1 is 1.10 bits per heavy atom. The fraction of sp³-hybridized carbons (Fsp3) is 0. The van der Waals surface area contributed by atoms with Crippen molar-refractivity contribution < 1.29 is 14.3 Å². The van der Waals surface area contributed by atoms with Gasteiger partial charge in [0.2, 0.25) is 5.43 Å². The Balaban J connectivity index is 2.45. The van der Waals surface area contributed by atoms with E-state index < -0.39 is 17.2 Å². The van der Waals surface area contributed by atoms with Crippen molar-refractivity contribution in [1.82, 2.24) is 4.98 Å². The second-order valence-electron chi connectivity index (χ2n) is 4.57. The summed E-state index contributed by atoms with van der Waals surface area (Å²) in [7, 11) is 0. The van der Waals surface area contributed by atoms with E-state index in [1.807, 2.05) is 0 Å². The lowest BCUT2D eigenvalue weighted by Crippen LogP contribution is -2.18. The number of fused-ring (bicyclic) bond motifs is 1. The molecule has 0 bridgehead atoms. The zero-order valence-corrected chi connectivity index (χ0v) is 10.8. The lowest BCUT2D eigenvalue weighted by Gasteiger charge is -2.09. The summed E-state index contributed by atoms with van der Waals surface area (Å²) >= 11 is 0. The average molecular weight is 283 g/mol. The second kappa shape index (κ2) is 4.86. The topological polar surface area (TPSA) is 70.2 Å². The summed E-state index contributed by atoms with van der Waals surface area (Å²) in [6.45, 7) is 0. The van der Waals surface area contributed by atoms with Crippen molar-refractivity contribution in [2.75, 3.05) is 0 Å². The van der Waals surface area contributed by atoms with Crippen LogP contribution < -0.4 is 5.43 Å². The average Bonchev–Trinajstić information content (AvgIpc) is 2.48. The number of aromatic carboxylic acids is 1. The number of aromatic nitrogens is 1. The number of halogens is 1. The molecule has 104 valence electrons. The van der Waals surface area contributed by atoms with E-state index >= 15 is 0 Å². The van der Waals surface area contributed by atoms with E-state index in [0.29, 0.717) is 11.1 Å². The Hall–Kier alpha value is -2.95. The van der Waals surface area contributed by atoms with Crippen LogP contribution in [0.25, 0.3) is 22.2 Å². The first-order valence-corrected chi connectivity index (χ1v) is 6.22. The summed E-state index contributed by atoms with van der Waals surface area (Å²) in [6, 6.07) is 12.4. The molecule has 0 amide bonds. The number of rotatable bonds is 2. The van der Waals surface area contributed by atoms with Gasteiger partial charge in [-0.2, -0.15) is 0 Å².